The van der Waals surface area contributed by atoms with Crippen LogP contribution in [0.2, 0.25) is 0 Å². The van der Waals surface area contributed by atoms with Crippen molar-refractivity contribution in [1.82, 2.24) is 0 Å². The van der Waals surface area contributed by atoms with Gasteiger partial charge in [0.05, 0.1) is 18.8 Å². The summed E-state index contributed by atoms with van der Waals surface area (Å²) in [6.07, 6.45) is -5.00. The SMILES string of the molecule is NC(N)=O.O=C(O)CC(O)(CC(=O)O)C(=O)O.O=C([O-])CC(O)(CC(=O)[O-])C(=O)[O-].[Na+].[Na+].[Na+]. The van der Waals surface area contributed by atoms with Gasteiger partial charge in [-0.15, -0.1) is 0 Å². The van der Waals surface area contributed by atoms with E-state index in [1.807, 2.05) is 0 Å². The van der Waals surface area contributed by atoms with Gasteiger partial charge >= 0.3 is 113 Å². The Morgan fingerprint density at radius 3 is 0.970 bits per heavy atom. The summed E-state index contributed by atoms with van der Waals surface area (Å²) in [5.41, 5.74) is 2.79. The average molecular weight is 510 g/mol. The van der Waals surface area contributed by atoms with E-state index in [2.05, 4.69) is 11.5 Å². The van der Waals surface area contributed by atoms with Crippen LogP contribution in [0.1, 0.15) is 25.7 Å². The van der Waals surface area contributed by atoms with Crippen LogP contribution < -0.4 is 115 Å². The molecule has 172 valence electrons. The molecular formula is C13H17N2Na3O15. The molecule has 0 saturated carbocycles. The van der Waals surface area contributed by atoms with Gasteiger partial charge in [-0.1, -0.05) is 0 Å². The zero-order valence-electron chi connectivity index (χ0n) is 17.8. The van der Waals surface area contributed by atoms with Gasteiger partial charge in [0.25, 0.3) is 0 Å². The number of hydrogen-bond acceptors (Lipinski definition) is 12. The summed E-state index contributed by atoms with van der Waals surface area (Å²) in [4.78, 5) is 69.5. The molecule has 17 nitrogen and oxygen atoms in total. The van der Waals surface area contributed by atoms with Crippen LogP contribution in [-0.4, -0.2) is 78.6 Å². The smallest absolute Gasteiger partial charge is 0.550 e. The van der Waals surface area contributed by atoms with Crippen LogP contribution in [0.3, 0.4) is 0 Å². The molecule has 0 unspecified atom stereocenters. The Balaban J connectivity index is -0.0000000880. The number of aliphatic hydroxyl groups is 2. The molecule has 0 aliphatic carbocycles. The fourth-order valence-electron chi connectivity index (χ4n) is 1.40. The number of rotatable bonds is 10. The van der Waals surface area contributed by atoms with Crippen molar-refractivity contribution in [2.24, 2.45) is 11.5 Å². The maximum absolute atomic E-state index is 10.3. The van der Waals surface area contributed by atoms with E-state index in [1.54, 1.807) is 0 Å². The predicted octanol–water partition coefficient (Wildman–Crippen LogP) is -16.5. The predicted molar refractivity (Wildman–Crippen MR) is 80.1 cm³/mol. The zero-order chi connectivity index (χ0) is 24.9. The standard InChI is InChI=1S/2C6H8O7.CH4N2O.3Na/c2*7-3(8)1-6(13,5(11)12)2-4(9)10;2-1(3)4;;;/h2*13H,1-2H2,(H,7,8)(H,9,10)(H,11,12);(H4,2,3,4);;;/q;;;3*+1/p-3. The Morgan fingerprint density at radius 2 is 0.848 bits per heavy atom. The Kier molecular flexibility index (Phi) is 29.7. The molecule has 0 aromatic heterocycles. The molecule has 2 amide bonds. The molecule has 33 heavy (non-hydrogen) atoms. The third-order valence-corrected chi connectivity index (χ3v) is 2.54. The Labute approximate surface area is 251 Å². The molecule has 9 N–H and O–H groups in total. The molecule has 0 atom stereocenters. The molecule has 0 saturated heterocycles. The number of carboxylic acids is 6. The summed E-state index contributed by atoms with van der Waals surface area (Å²) >= 11 is 0. The van der Waals surface area contributed by atoms with Crippen molar-refractivity contribution in [2.45, 2.75) is 36.9 Å². The van der Waals surface area contributed by atoms with Crippen molar-refractivity contribution < 1.29 is 163 Å². The monoisotopic (exact) mass is 510 g/mol. The van der Waals surface area contributed by atoms with Crippen LogP contribution in [0.25, 0.3) is 0 Å². The average Bonchev–Trinajstić information content (AvgIpc) is 2.43. The minimum absolute atomic E-state index is 0. The first-order chi connectivity index (χ1) is 13.3. The summed E-state index contributed by atoms with van der Waals surface area (Å²) in [6, 6.07) is -0.833. The Bertz CT molecular complexity index is 613. The normalized spacial score (nSPS) is 9.27. The number of carboxylic acid groups (broad SMARTS) is 6. The Morgan fingerprint density at radius 1 is 0.606 bits per heavy atom. The van der Waals surface area contributed by atoms with E-state index in [0.29, 0.717) is 0 Å². The van der Waals surface area contributed by atoms with Crippen molar-refractivity contribution in [3.8, 4) is 0 Å². The molecule has 0 rings (SSSR count). The van der Waals surface area contributed by atoms with Crippen LogP contribution in [-0.2, 0) is 28.8 Å². The van der Waals surface area contributed by atoms with Crippen LogP contribution >= 0.6 is 0 Å². The second-order valence-electron chi connectivity index (χ2n) is 5.30. The molecule has 0 spiro atoms. The number of amides is 2. The Hall–Kier alpha value is -0.990. The largest absolute Gasteiger partial charge is 1.00 e. The third kappa shape index (κ3) is 27.1. The van der Waals surface area contributed by atoms with E-state index >= 15 is 0 Å². The maximum Gasteiger partial charge on any atom is 1.00 e. The number of urea groups is 1. The summed E-state index contributed by atoms with van der Waals surface area (Å²) in [5, 5.41) is 72.7. The molecule has 0 aliphatic rings. The molecule has 20 heteroatoms. The number of hydrogen-bond donors (Lipinski definition) is 7. The first-order valence-corrected chi connectivity index (χ1v) is 7.07. The van der Waals surface area contributed by atoms with Crippen molar-refractivity contribution >= 4 is 41.8 Å². The van der Waals surface area contributed by atoms with Crippen LogP contribution in [0.5, 0.6) is 0 Å². The van der Waals surface area contributed by atoms with Crippen molar-refractivity contribution in [2.75, 3.05) is 0 Å². The summed E-state index contributed by atoms with van der Waals surface area (Å²) in [5.74, 6) is -11.0. The van der Waals surface area contributed by atoms with E-state index < -0.39 is 78.7 Å². The van der Waals surface area contributed by atoms with E-state index in [9.17, 15) is 44.1 Å². The van der Waals surface area contributed by atoms with Crippen molar-refractivity contribution in [3.05, 3.63) is 0 Å². The fourth-order valence-corrected chi connectivity index (χ4v) is 1.40. The minimum Gasteiger partial charge on any atom is -0.550 e. The number of carbonyl (C=O) groups excluding carboxylic acids is 4. The number of primary amides is 2. The van der Waals surface area contributed by atoms with Gasteiger partial charge in [0.15, 0.2) is 5.60 Å². The molecule has 0 fully saturated rings. The van der Waals surface area contributed by atoms with Crippen molar-refractivity contribution in [1.29, 1.82) is 0 Å². The number of aliphatic carboxylic acids is 6. The number of nitrogens with two attached hydrogens (primary N) is 2. The summed E-state index contributed by atoms with van der Waals surface area (Å²) < 4.78 is 0. The zero-order valence-corrected chi connectivity index (χ0v) is 23.8. The molecule has 0 radical (unpaired) electrons. The van der Waals surface area contributed by atoms with Gasteiger partial charge in [0.2, 0.25) is 0 Å². The van der Waals surface area contributed by atoms with Crippen LogP contribution in [0.15, 0.2) is 0 Å². The maximum atomic E-state index is 10.3. The molecule has 0 aliphatic heterocycles. The van der Waals surface area contributed by atoms with Gasteiger partial charge in [0, 0.05) is 24.8 Å². The van der Waals surface area contributed by atoms with Gasteiger partial charge in [-0.05, 0) is 0 Å². The first-order valence-electron chi connectivity index (χ1n) is 7.07. The van der Waals surface area contributed by atoms with Crippen molar-refractivity contribution in [3.63, 3.8) is 0 Å². The van der Waals surface area contributed by atoms with Gasteiger partial charge in [-0.25, -0.2) is 9.59 Å². The van der Waals surface area contributed by atoms with E-state index in [-0.39, 0.29) is 88.7 Å². The van der Waals surface area contributed by atoms with Gasteiger partial charge < -0.3 is 66.7 Å². The van der Waals surface area contributed by atoms with Gasteiger partial charge in [0.1, 0.15) is 5.60 Å². The minimum atomic E-state index is -2.97. The topological polar surface area (TPSA) is 342 Å². The van der Waals surface area contributed by atoms with Gasteiger partial charge in [-0.2, -0.15) is 0 Å². The third-order valence-electron chi connectivity index (χ3n) is 2.54. The van der Waals surface area contributed by atoms with E-state index in [0.717, 1.165) is 0 Å². The van der Waals surface area contributed by atoms with Crippen LogP contribution in [0.4, 0.5) is 4.79 Å². The second kappa shape index (κ2) is 21.5. The van der Waals surface area contributed by atoms with E-state index in [4.69, 9.17) is 30.3 Å². The molecule has 0 bridgehead atoms. The first kappa shape index (κ1) is 45.5. The van der Waals surface area contributed by atoms with Crippen LogP contribution in [0, 0.1) is 0 Å². The quantitative estimate of drug-likeness (QED) is 0.134. The second-order valence-corrected chi connectivity index (χ2v) is 5.30. The summed E-state index contributed by atoms with van der Waals surface area (Å²) in [6.45, 7) is 0. The fraction of sp³-hybridized carbons (Fsp3) is 0.462. The van der Waals surface area contributed by atoms with Gasteiger partial charge in [-0.3, -0.25) is 9.59 Å². The summed E-state index contributed by atoms with van der Waals surface area (Å²) in [7, 11) is 0. The number of carbonyl (C=O) groups is 7. The molecule has 0 aromatic carbocycles. The molecule has 0 heterocycles. The molecular weight excluding hydrogens is 493 g/mol. The molecule has 0 aromatic rings. The van der Waals surface area contributed by atoms with E-state index in [1.165, 1.54) is 0 Å².